The molecular formula is C14H8F2O. The van der Waals surface area contributed by atoms with E-state index < -0.39 is 11.6 Å². The Hall–Kier alpha value is -2.34. The van der Waals surface area contributed by atoms with Crippen LogP contribution in [-0.2, 0) is 0 Å². The summed E-state index contributed by atoms with van der Waals surface area (Å²) in [5.74, 6) is 1.04. The number of para-hydroxylation sites is 1. The third kappa shape index (κ3) is 2.43. The molecule has 0 N–H and O–H groups in total. The highest BCUT2D eigenvalue weighted by Crippen LogP contribution is 2.26. The summed E-state index contributed by atoms with van der Waals surface area (Å²) in [6.07, 6.45) is 5.13. The topological polar surface area (TPSA) is 9.23 Å². The first-order valence-corrected chi connectivity index (χ1v) is 4.89. The monoisotopic (exact) mass is 230 g/mol. The van der Waals surface area contributed by atoms with Gasteiger partial charge in [-0.3, -0.25) is 0 Å². The molecule has 0 aliphatic carbocycles. The van der Waals surface area contributed by atoms with Gasteiger partial charge in [0.15, 0.2) is 23.1 Å². The second kappa shape index (κ2) is 4.67. The average molecular weight is 230 g/mol. The molecule has 2 aromatic rings. The Bertz CT molecular complexity index is 585. The molecule has 1 nitrogen and oxygen atoms in total. The zero-order valence-corrected chi connectivity index (χ0v) is 8.78. The summed E-state index contributed by atoms with van der Waals surface area (Å²) in [5.41, 5.74) is 0.406. The van der Waals surface area contributed by atoms with E-state index in [2.05, 4.69) is 5.92 Å². The summed E-state index contributed by atoms with van der Waals surface area (Å²) in [4.78, 5) is 0. The second-order valence-corrected chi connectivity index (χ2v) is 3.32. The van der Waals surface area contributed by atoms with Gasteiger partial charge in [0.1, 0.15) is 0 Å². The fourth-order valence-electron chi connectivity index (χ4n) is 1.32. The Labute approximate surface area is 97.7 Å². The summed E-state index contributed by atoms with van der Waals surface area (Å²) < 4.78 is 31.9. The predicted octanol–water partition coefficient (Wildman–Crippen LogP) is 3.74. The maximum atomic E-state index is 13.5. The number of hydrogen-bond donors (Lipinski definition) is 0. The fourth-order valence-corrected chi connectivity index (χ4v) is 1.32. The molecular weight excluding hydrogens is 222 g/mol. The van der Waals surface area contributed by atoms with Gasteiger partial charge in [-0.25, -0.2) is 8.78 Å². The molecule has 0 aliphatic rings. The largest absolute Gasteiger partial charge is 0.451 e. The van der Waals surface area contributed by atoms with Crippen molar-refractivity contribution in [3.63, 3.8) is 0 Å². The Kier molecular flexibility index (Phi) is 3.06. The molecule has 2 rings (SSSR count). The number of hydrogen-bond acceptors (Lipinski definition) is 1. The van der Waals surface area contributed by atoms with Crippen molar-refractivity contribution in [1.82, 2.24) is 0 Å². The SMILES string of the molecule is C#Cc1ccc(Oc2ccccc2F)c(F)c1. The minimum atomic E-state index is -0.622. The van der Waals surface area contributed by atoms with E-state index in [0.717, 1.165) is 6.07 Å². The maximum absolute atomic E-state index is 13.5. The van der Waals surface area contributed by atoms with Gasteiger partial charge in [0.2, 0.25) is 0 Å². The van der Waals surface area contributed by atoms with Crippen LogP contribution in [0.3, 0.4) is 0 Å². The van der Waals surface area contributed by atoms with Crippen molar-refractivity contribution in [3.05, 3.63) is 59.7 Å². The zero-order valence-electron chi connectivity index (χ0n) is 8.78. The van der Waals surface area contributed by atoms with Crippen molar-refractivity contribution < 1.29 is 13.5 Å². The quantitative estimate of drug-likeness (QED) is 0.714. The van der Waals surface area contributed by atoms with Gasteiger partial charge in [-0.15, -0.1) is 6.42 Å². The van der Waals surface area contributed by atoms with Gasteiger partial charge in [-0.2, -0.15) is 0 Å². The highest BCUT2D eigenvalue weighted by Gasteiger charge is 2.08. The zero-order chi connectivity index (χ0) is 12.3. The molecule has 0 saturated heterocycles. The molecule has 0 aromatic heterocycles. The first kappa shape index (κ1) is 11.2. The number of ether oxygens (including phenoxy) is 1. The number of halogens is 2. The molecule has 0 radical (unpaired) electrons. The summed E-state index contributed by atoms with van der Waals surface area (Å²) in [7, 11) is 0. The van der Waals surface area contributed by atoms with Gasteiger partial charge in [0, 0.05) is 5.56 Å². The van der Waals surface area contributed by atoms with Crippen LogP contribution in [0.25, 0.3) is 0 Å². The Balaban J connectivity index is 2.32. The van der Waals surface area contributed by atoms with Gasteiger partial charge in [-0.05, 0) is 30.3 Å². The molecule has 0 aliphatic heterocycles. The van der Waals surface area contributed by atoms with Crippen LogP contribution in [-0.4, -0.2) is 0 Å². The van der Waals surface area contributed by atoms with Crippen molar-refractivity contribution in [2.75, 3.05) is 0 Å². The van der Waals surface area contributed by atoms with E-state index in [1.165, 1.54) is 30.3 Å². The van der Waals surface area contributed by atoms with E-state index in [0.29, 0.717) is 5.56 Å². The molecule has 0 amide bonds. The van der Waals surface area contributed by atoms with Crippen molar-refractivity contribution >= 4 is 0 Å². The van der Waals surface area contributed by atoms with Gasteiger partial charge in [-0.1, -0.05) is 18.1 Å². The van der Waals surface area contributed by atoms with Crippen molar-refractivity contribution in [2.24, 2.45) is 0 Å². The van der Waals surface area contributed by atoms with E-state index in [1.807, 2.05) is 0 Å². The number of rotatable bonds is 2. The fraction of sp³-hybridized carbons (Fsp3) is 0. The van der Waals surface area contributed by atoms with E-state index in [-0.39, 0.29) is 11.5 Å². The molecule has 0 fully saturated rings. The minimum absolute atomic E-state index is 0.0279. The van der Waals surface area contributed by atoms with Gasteiger partial charge >= 0.3 is 0 Å². The lowest BCUT2D eigenvalue weighted by molar-refractivity contribution is 0.414. The molecule has 0 spiro atoms. The molecule has 0 atom stereocenters. The standard InChI is InChI=1S/C14H8F2O/c1-2-10-7-8-14(12(16)9-10)17-13-6-4-3-5-11(13)15/h1,3-9H. The number of terminal acetylenes is 1. The van der Waals surface area contributed by atoms with Gasteiger partial charge < -0.3 is 4.74 Å². The average Bonchev–Trinajstić information content (AvgIpc) is 2.34. The van der Waals surface area contributed by atoms with Crippen LogP contribution in [0.15, 0.2) is 42.5 Å². The van der Waals surface area contributed by atoms with E-state index in [4.69, 9.17) is 11.2 Å². The number of benzene rings is 2. The Morgan fingerprint density at radius 2 is 1.65 bits per heavy atom. The first-order valence-electron chi connectivity index (χ1n) is 4.89. The normalized spacial score (nSPS) is 9.71. The van der Waals surface area contributed by atoms with Crippen molar-refractivity contribution in [3.8, 4) is 23.8 Å². The van der Waals surface area contributed by atoms with Crippen LogP contribution in [0.4, 0.5) is 8.78 Å². The van der Waals surface area contributed by atoms with Crippen LogP contribution in [0.1, 0.15) is 5.56 Å². The molecule has 17 heavy (non-hydrogen) atoms. The van der Waals surface area contributed by atoms with E-state index in [9.17, 15) is 8.78 Å². The Morgan fingerprint density at radius 3 is 2.29 bits per heavy atom. The van der Waals surface area contributed by atoms with Crippen LogP contribution in [0.2, 0.25) is 0 Å². The lowest BCUT2D eigenvalue weighted by atomic mass is 10.2. The lowest BCUT2D eigenvalue weighted by Gasteiger charge is -2.07. The molecule has 0 saturated carbocycles. The van der Waals surface area contributed by atoms with Crippen molar-refractivity contribution in [1.29, 1.82) is 0 Å². The van der Waals surface area contributed by atoms with Crippen LogP contribution in [0, 0.1) is 24.0 Å². The third-order valence-corrected chi connectivity index (χ3v) is 2.16. The summed E-state index contributed by atoms with van der Waals surface area (Å²) in [6.45, 7) is 0. The highest BCUT2D eigenvalue weighted by atomic mass is 19.1. The smallest absolute Gasteiger partial charge is 0.166 e. The lowest BCUT2D eigenvalue weighted by Crippen LogP contribution is -1.91. The molecule has 0 unspecified atom stereocenters. The van der Waals surface area contributed by atoms with Crippen LogP contribution in [0.5, 0.6) is 11.5 Å². The summed E-state index contributed by atoms with van der Waals surface area (Å²) >= 11 is 0. The maximum Gasteiger partial charge on any atom is 0.166 e. The third-order valence-electron chi connectivity index (χ3n) is 2.16. The van der Waals surface area contributed by atoms with Crippen LogP contribution < -0.4 is 4.74 Å². The second-order valence-electron chi connectivity index (χ2n) is 3.32. The molecule has 0 heterocycles. The van der Waals surface area contributed by atoms with Crippen molar-refractivity contribution in [2.45, 2.75) is 0 Å². The van der Waals surface area contributed by atoms with Gasteiger partial charge in [0.25, 0.3) is 0 Å². The predicted molar refractivity (Wildman–Crippen MR) is 60.8 cm³/mol. The highest BCUT2D eigenvalue weighted by molar-refractivity contribution is 5.40. The van der Waals surface area contributed by atoms with E-state index >= 15 is 0 Å². The van der Waals surface area contributed by atoms with E-state index in [1.54, 1.807) is 6.07 Å². The first-order chi connectivity index (χ1) is 8.20. The Morgan fingerprint density at radius 1 is 0.941 bits per heavy atom. The van der Waals surface area contributed by atoms with Crippen LogP contribution >= 0.6 is 0 Å². The molecule has 2 aromatic carbocycles. The molecule has 0 bridgehead atoms. The minimum Gasteiger partial charge on any atom is -0.451 e. The summed E-state index contributed by atoms with van der Waals surface area (Å²) in [6, 6.07) is 9.85. The molecule has 3 heteroatoms. The summed E-state index contributed by atoms with van der Waals surface area (Å²) in [5, 5.41) is 0. The van der Waals surface area contributed by atoms with Gasteiger partial charge in [0.05, 0.1) is 0 Å². The molecule has 84 valence electrons.